The first-order valence-corrected chi connectivity index (χ1v) is 5.25. The fourth-order valence-electron chi connectivity index (χ4n) is 1.03. The number of carbonyl (C=O) groups excluding carboxylic acids is 2. The van der Waals surface area contributed by atoms with E-state index in [2.05, 4.69) is 16.7 Å². The Balaban J connectivity index is 2.51. The molecule has 0 bridgehead atoms. The number of para-hydroxylation sites is 1. The molecule has 0 saturated heterocycles. The molecule has 5 heteroatoms. The number of benzene rings is 1. The summed E-state index contributed by atoms with van der Waals surface area (Å²) in [7, 11) is 3.63. The molecule has 0 aliphatic carbocycles. The summed E-state index contributed by atoms with van der Waals surface area (Å²) in [5.41, 5.74) is 0.477. The van der Waals surface area contributed by atoms with Crippen LogP contribution in [0.15, 0.2) is 24.3 Å². The molecule has 2 amide bonds. The van der Waals surface area contributed by atoms with Gasteiger partial charge in [0.2, 0.25) is 0 Å². The quantitative estimate of drug-likeness (QED) is 0.589. The molecule has 0 aliphatic rings. The first kappa shape index (κ1) is 13.2. The second kappa shape index (κ2) is 6.00. The molecular formula is C12H16N3O2. The van der Waals surface area contributed by atoms with E-state index in [1.807, 2.05) is 14.1 Å². The standard InChI is InChI=1S/C12H16N3O2/c1-9(15(2)3)13-11(16)12(17)14-10-7-5-4-6-8-10/h4-7,9H,1-3H3,(H,13,16)(H,14,17). The maximum absolute atomic E-state index is 11.5. The van der Waals surface area contributed by atoms with Crippen LogP contribution in [-0.2, 0) is 9.59 Å². The Morgan fingerprint density at radius 1 is 1.29 bits per heavy atom. The van der Waals surface area contributed by atoms with E-state index >= 15 is 0 Å². The van der Waals surface area contributed by atoms with E-state index in [0.717, 1.165) is 0 Å². The van der Waals surface area contributed by atoms with Crippen molar-refractivity contribution >= 4 is 17.5 Å². The largest absolute Gasteiger partial charge is 0.333 e. The third kappa shape index (κ3) is 4.24. The lowest BCUT2D eigenvalue weighted by Gasteiger charge is -2.20. The Morgan fingerprint density at radius 3 is 2.53 bits per heavy atom. The van der Waals surface area contributed by atoms with Gasteiger partial charge in [0.25, 0.3) is 0 Å². The van der Waals surface area contributed by atoms with E-state index in [9.17, 15) is 9.59 Å². The van der Waals surface area contributed by atoms with E-state index in [1.165, 1.54) is 0 Å². The molecule has 17 heavy (non-hydrogen) atoms. The minimum absolute atomic E-state index is 0.201. The van der Waals surface area contributed by atoms with Gasteiger partial charge in [0.05, 0.1) is 6.17 Å². The van der Waals surface area contributed by atoms with Crippen molar-refractivity contribution in [1.82, 2.24) is 10.2 Å². The Morgan fingerprint density at radius 2 is 2.00 bits per heavy atom. The zero-order valence-electron chi connectivity index (χ0n) is 10.2. The molecule has 0 spiro atoms. The first-order chi connectivity index (χ1) is 8.00. The van der Waals surface area contributed by atoms with E-state index in [1.54, 1.807) is 36.1 Å². The second-order valence-corrected chi connectivity index (χ2v) is 3.84. The van der Waals surface area contributed by atoms with Crippen molar-refractivity contribution in [2.45, 2.75) is 13.1 Å². The van der Waals surface area contributed by atoms with Crippen molar-refractivity contribution in [3.8, 4) is 0 Å². The molecule has 0 fully saturated rings. The minimum Gasteiger partial charge on any atom is -0.333 e. The Kier molecular flexibility index (Phi) is 4.66. The Bertz CT molecular complexity index is 390. The minimum atomic E-state index is -0.693. The zero-order valence-corrected chi connectivity index (χ0v) is 10.2. The summed E-state index contributed by atoms with van der Waals surface area (Å²) in [5.74, 6) is -1.36. The number of hydrogen-bond acceptors (Lipinski definition) is 3. The molecule has 1 atom stereocenters. The van der Waals surface area contributed by atoms with Crippen LogP contribution in [0.3, 0.4) is 0 Å². The van der Waals surface area contributed by atoms with Crippen LogP contribution in [0.1, 0.15) is 6.92 Å². The lowest BCUT2D eigenvalue weighted by atomic mass is 10.3. The van der Waals surface area contributed by atoms with Gasteiger partial charge in [-0.25, -0.2) is 0 Å². The average Bonchev–Trinajstić information content (AvgIpc) is 2.29. The molecule has 91 valence electrons. The highest BCUT2D eigenvalue weighted by molar-refractivity contribution is 6.39. The van der Waals surface area contributed by atoms with Crippen molar-refractivity contribution in [3.05, 3.63) is 30.3 Å². The van der Waals surface area contributed by atoms with Gasteiger partial charge in [-0.3, -0.25) is 14.5 Å². The van der Waals surface area contributed by atoms with Gasteiger partial charge in [-0.1, -0.05) is 18.2 Å². The smallest absolute Gasteiger partial charge is 0.313 e. The molecule has 1 radical (unpaired) electrons. The summed E-state index contributed by atoms with van der Waals surface area (Å²) < 4.78 is 0. The number of carbonyl (C=O) groups is 2. The number of hydrogen-bond donors (Lipinski definition) is 2. The summed E-state index contributed by atoms with van der Waals surface area (Å²) >= 11 is 0. The van der Waals surface area contributed by atoms with Gasteiger partial charge in [-0.05, 0) is 27.1 Å². The van der Waals surface area contributed by atoms with Gasteiger partial charge in [0, 0.05) is 11.8 Å². The van der Waals surface area contributed by atoms with Crippen molar-refractivity contribution in [2.24, 2.45) is 0 Å². The predicted molar refractivity (Wildman–Crippen MR) is 65.2 cm³/mol. The summed E-state index contributed by atoms with van der Waals surface area (Å²) in [6.07, 6.45) is -0.201. The monoisotopic (exact) mass is 234 g/mol. The number of anilines is 1. The molecule has 1 aromatic carbocycles. The van der Waals surface area contributed by atoms with E-state index < -0.39 is 11.8 Å². The van der Waals surface area contributed by atoms with Crippen LogP contribution >= 0.6 is 0 Å². The lowest BCUT2D eigenvalue weighted by Crippen LogP contribution is -2.46. The summed E-state index contributed by atoms with van der Waals surface area (Å²) in [5, 5.41) is 5.02. The molecule has 0 saturated carbocycles. The second-order valence-electron chi connectivity index (χ2n) is 3.84. The van der Waals surface area contributed by atoms with Crippen molar-refractivity contribution < 1.29 is 9.59 Å². The van der Waals surface area contributed by atoms with Crippen LogP contribution in [0.2, 0.25) is 0 Å². The van der Waals surface area contributed by atoms with Gasteiger partial charge >= 0.3 is 11.8 Å². The fraction of sp³-hybridized carbons (Fsp3) is 0.333. The number of rotatable bonds is 3. The van der Waals surface area contributed by atoms with Gasteiger partial charge in [0.1, 0.15) is 0 Å². The molecule has 5 nitrogen and oxygen atoms in total. The first-order valence-electron chi connectivity index (χ1n) is 5.25. The predicted octanol–water partition coefficient (Wildman–Crippen LogP) is 0.449. The van der Waals surface area contributed by atoms with E-state index in [0.29, 0.717) is 5.69 Å². The van der Waals surface area contributed by atoms with Crippen molar-refractivity contribution in [1.29, 1.82) is 0 Å². The zero-order chi connectivity index (χ0) is 12.8. The van der Waals surface area contributed by atoms with Crippen LogP contribution in [0, 0.1) is 6.07 Å². The Labute approximate surface area is 101 Å². The number of amides is 2. The van der Waals surface area contributed by atoms with Crippen LogP contribution in [0.5, 0.6) is 0 Å². The van der Waals surface area contributed by atoms with Crippen molar-refractivity contribution in [2.75, 3.05) is 19.4 Å². The highest BCUT2D eigenvalue weighted by Crippen LogP contribution is 2.03. The molecule has 2 N–H and O–H groups in total. The Hall–Kier alpha value is -1.88. The lowest BCUT2D eigenvalue weighted by molar-refractivity contribution is -0.137. The van der Waals surface area contributed by atoms with Gasteiger partial charge in [-0.15, -0.1) is 0 Å². The van der Waals surface area contributed by atoms with Crippen LogP contribution in [0.4, 0.5) is 5.69 Å². The van der Waals surface area contributed by atoms with Crippen LogP contribution < -0.4 is 10.6 Å². The molecule has 1 rings (SSSR count). The maximum atomic E-state index is 11.5. The number of nitrogens with zero attached hydrogens (tertiary/aromatic N) is 1. The summed E-state index contributed by atoms with van der Waals surface area (Å²) in [6.45, 7) is 1.79. The highest BCUT2D eigenvalue weighted by atomic mass is 16.2. The fourth-order valence-corrected chi connectivity index (χ4v) is 1.03. The van der Waals surface area contributed by atoms with E-state index in [-0.39, 0.29) is 6.17 Å². The molecule has 0 heterocycles. The SMILES string of the molecule is CC(NC(=O)C(=O)Nc1[c]cccc1)N(C)C. The van der Waals surface area contributed by atoms with Crippen molar-refractivity contribution in [3.63, 3.8) is 0 Å². The summed E-state index contributed by atoms with van der Waals surface area (Å²) in [4.78, 5) is 24.8. The number of nitrogens with one attached hydrogen (secondary N) is 2. The van der Waals surface area contributed by atoms with Gasteiger partial charge in [-0.2, -0.15) is 0 Å². The topological polar surface area (TPSA) is 61.4 Å². The third-order valence-electron chi connectivity index (χ3n) is 2.28. The molecular weight excluding hydrogens is 218 g/mol. The molecule has 1 aromatic rings. The normalized spacial score (nSPS) is 12.0. The molecule has 0 aliphatic heterocycles. The molecule has 1 unspecified atom stereocenters. The highest BCUT2D eigenvalue weighted by Gasteiger charge is 2.16. The van der Waals surface area contributed by atoms with E-state index in [4.69, 9.17) is 0 Å². The van der Waals surface area contributed by atoms with Gasteiger partial charge in [0.15, 0.2) is 0 Å². The van der Waals surface area contributed by atoms with Crippen LogP contribution in [-0.4, -0.2) is 37.0 Å². The summed E-state index contributed by atoms with van der Waals surface area (Å²) in [6, 6.07) is 9.68. The van der Waals surface area contributed by atoms with Gasteiger partial charge < -0.3 is 10.6 Å². The third-order valence-corrected chi connectivity index (χ3v) is 2.28. The average molecular weight is 234 g/mol. The van der Waals surface area contributed by atoms with Crippen LogP contribution in [0.25, 0.3) is 0 Å². The maximum Gasteiger partial charge on any atom is 0.313 e. The molecule has 0 aromatic heterocycles.